The molecule has 158 valence electrons. The van der Waals surface area contributed by atoms with Gasteiger partial charge in [-0.05, 0) is 34.6 Å². The van der Waals surface area contributed by atoms with Gasteiger partial charge in [0.1, 0.15) is 6.61 Å². The zero-order valence-corrected chi connectivity index (χ0v) is 17.3. The number of carbonyl (C=O) groups is 2. The summed E-state index contributed by atoms with van der Waals surface area (Å²) in [6.45, 7) is 4.97. The van der Waals surface area contributed by atoms with Crippen molar-refractivity contribution in [2.75, 3.05) is 19.8 Å². The first-order chi connectivity index (χ1) is 14.5. The highest BCUT2D eigenvalue weighted by Gasteiger charge is 2.44. The fraction of sp³-hybridized carbons (Fsp3) is 0.417. The van der Waals surface area contributed by atoms with E-state index in [0.717, 1.165) is 22.3 Å². The number of hydrogen-bond donors (Lipinski definition) is 1. The molecule has 1 saturated heterocycles. The largest absolute Gasteiger partial charge is 0.480 e. The maximum Gasteiger partial charge on any atom is 0.410 e. The minimum Gasteiger partial charge on any atom is -0.480 e. The van der Waals surface area contributed by atoms with Crippen molar-refractivity contribution in [1.29, 1.82) is 0 Å². The number of benzene rings is 2. The molecule has 1 fully saturated rings. The summed E-state index contributed by atoms with van der Waals surface area (Å²) in [7, 11) is 0. The zero-order chi connectivity index (χ0) is 21.3. The van der Waals surface area contributed by atoms with Crippen LogP contribution in [0.2, 0.25) is 0 Å². The van der Waals surface area contributed by atoms with Gasteiger partial charge in [0, 0.05) is 19.1 Å². The molecule has 1 heterocycles. The molecule has 0 unspecified atom stereocenters. The van der Waals surface area contributed by atoms with Crippen LogP contribution in [0, 0.1) is 5.92 Å². The summed E-state index contributed by atoms with van der Waals surface area (Å²) in [6.07, 6.45) is -0.612. The van der Waals surface area contributed by atoms with Gasteiger partial charge in [-0.2, -0.15) is 0 Å². The van der Waals surface area contributed by atoms with E-state index in [4.69, 9.17) is 9.47 Å². The highest BCUT2D eigenvalue weighted by Crippen LogP contribution is 2.44. The Morgan fingerprint density at radius 2 is 1.67 bits per heavy atom. The average Bonchev–Trinajstić information content (AvgIpc) is 3.30. The highest BCUT2D eigenvalue weighted by atomic mass is 16.6. The normalized spacial score (nSPS) is 20.3. The van der Waals surface area contributed by atoms with Gasteiger partial charge < -0.3 is 14.6 Å². The molecule has 0 saturated carbocycles. The van der Waals surface area contributed by atoms with Gasteiger partial charge in [0.25, 0.3) is 0 Å². The molecule has 1 aliphatic carbocycles. The summed E-state index contributed by atoms with van der Waals surface area (Å²) in [5.41, 5.74) is 4.56. The fourth-order valence-electron chi connectivity index (χ4n) is 4.43. The Morgan fingerprint density at radius 3 is 2.23 bits per heavy atom. The Bertz CT molecular complexity index is 895. The number of hydrogen-bond acceptors (Lipinski definition) is 4. The number of likely N-dealkylation sites (tertiary alicyclic amines) is 1. The first-order valence-corrected chi connectivity index (χ1v) is 10.4. The van der Waals surface area contributed by atoms with Crippen molar-refractivity contribution < 1.29 is 24.2 Å². The summed E-state index contributed by atoms with van der Waals surface area (Å²) in [4.78, 5) is 25.9. The predicted molar refractivity (Wildman–Crippen MR) is 112 cm³/mol. The molecule has 0 radical (unpaired) electrons. The first kappa shape index (κ1) is 20.4. The third kappa shape index (κ3) is 3.79. The van der Waals surface area contributed by atoms with Gasteiger partial charge in [-0.3, -0.25) is 4.90 Å². The van der Waals surface area contributed by atoms with E-state index >= 15 is 0 Å². The smallest absolute Gasteiger partial charge is 0.410 e. The first-order valence-electron chi connectivity index (χ1n) is 10.4. The third-order valence-electron chi connectivity index (χ3n) is 5.81. The Kier molecular flexibility index (Phi) is 5.77. The molecule has 0 spiro atoms. The predicted octanol–water partition coefficient (Wildman–Crippen LogP) is 4.14. The number of carbonyl (C=O) groups excluding carboxylic acids is 1. The van der Waals surface area contributed by atoms with Gasteiger partial charge in [0.15, 0.2) is 6.04 Å². The number of carboxylic acid groups (broad SMARTS) is 1. The van der Waals surface area contributed by atoms with Crippen LogP contribution in [-0.2, 0) is 14.3 Å². The number of ether oxygens (including phenoxy) is 2. The lowest BCUT2D eigenvalue weighted by Gasteiger charge is -2.25. The fourth-order valence-corrected chi connectivity index (χ4v) is 4.43. The molecule has 2 aliphatic rings. The molecule has 0 bridgehead atoms. The lowest BCUT2D eigenvalue weighted by molar-refractivity contribution is -0.146. The molecular formula is C24H27NO5. The maximum absolute atomic E-state index is 12.8. The van der Waals surface area contributed by atoms with E-state index < -0.39 is 24.2 Å². The lowest BCUT2D eigenvalue weighted by atomic mass is 9.98. The molecule has 2 atom stereocenters. The number of fused-ring (bicyclic) bond motifs is 3. The van der Waals surface area contributed by atoms with Crippen molar-refractivity contribution in [1.82, 2.24) is 4.90 Å². The van der Waals surface area contributed by atoms with Crippen molar-refractivity contribution in [2.45, 2.75) is 38.3 Å². The molecule has 0 aromatic heterocycles. The van der Waals surface area contributed by atoms with E-state index in [-0.39, 0.29) is 12.5 Å². The minimum absolute atomic E-state index is 0.0554. The van der Waals surface area contributed by atoms with E-state index in [0.29, 0.717) is 25.5 Å². The number of carboxylic acids is 1. The van der Waals surface area contributed by atoms with Crippen molar-refractivity contribution >= 4 is 12.1 Å². The lowest BCUT2D eigenvalue weighted by Crippen LogP contribution is -2.46. The van der Waals surface area contributed by atoms with Crippen LogP contribution < -0.4 is 0 Å². The summed E-state index contributed by atoms with van der Waals surface area (Å²) >= 11 is 0. The number of nitrogens with zero attached hydrogens (tertiary/aromatic N) is 1. The Morgan fingerprint density at radius 1 is 1.07 bits per heavy atom. The van der Waals surface area contributed by atoms with E-state index in [1.807, 2.05) is 38.1 Å². The van der Waals surface area contributed by atoms with Crippen LogP contribution in [0.3, 0.4) is 0 Å². The van der Waals surface area contributed by atoms with E-state index in [2.05, 4.69) is 24.3 Å². The zero-order valence-electron chi connectivity index (χ0n) is 17.3. The molecule has 30 heavy (non-hydrogen) atoms. The second-order valence-corrected chi connectivity index (χ2v) is 8.33. The maximum atomic E-state index is 12.8. The second-order valence-electron chi connectivity index (χ2n) is 8.33. The monoisotopic (exact) mass is 409 g/mol. The van der Waals surface area contributed by atoms with Crippen LogP contribution in [0.25, 0.3) is 11.1 Å². The minimum atomic E-state index is -1.06. The Labute approximate surface area is 176 Å². The topological polar surface area (TPSA) is 76.1 Å². The van der Waals surface area contributed by atoms with Gasteiger partial charge in [-0.15, -0.1) is 0 Å². The summed E-state index contributed by atoms with van der Waals surface area (Å²) < 4.78 is 11.4. The van der Waals surface area contributed by atoms with Crippen LogP contribution in [0.5, 0.6) is 0 Å². The molecule has 1 amide bonds. The summed E-state index contributed by atoms with van der Waals surface area (Å²) in [5, 5.41) is 9.68. The average molecular weight is 409 g/mol. The number of rotatable bonds is 6. The van der Waals surface area contributed by atoms with Crippen LogP contribution in [-0.4, -0.2) is 54.0 Å². The standard InChI is InChI=1S/C24H27NO5/c1-15(2)13-29-21-11-12-25(22(21)23(26)27)24(28)30-14-20-18-9-5-3-7-16(18)17-8-4-6-10-19(17)20/h3-10,15,20-22H,11-14H2,1-2H3,(H,26,27)/t21-,22-/m1/s1. The highest BCUT2D eigenvalue weighted by molar-refractivity contribution is 5.82. The van der Waals surface area contributed by atoms with Crippen LogP contribution in [0.4, 0.5) is 4.79 Å². The quantitative estimate of drug-likeness (QED) is 0.776. The molecule has 2 aromatic rings. The number of amides is 1. The number of aliphatic carboxylic acids is 1. The van der Waals surface area contributed by atoms with Gasteiger partial charge in [0.05, 0.1) is 6.10 Å². The molecule has 6 heteroatoms. The van der Waals surface area contributed by atoms with E-state index in [1.54, 1.807) is 0 Å². The van der Waals surface area contributed by atoms with Crippen molar-refractivity contribution in [2.24, 2.45) is 5.92 Å². The summed E-state index contributed by atoms with van der Waals surface area (Å²) in [5.74, 6) is -0.821. The molecule has 1 aliphatic heterocycles. The Hall–Kier alpha value is -2.86. The SMILES string of the molecule is CC(C)CO[C@@H]1CCN(C(=O)OCC2c3ccccc3-c3ccccc32)[C@H]1C(=O)O. The van der Waals surface area contributed by atoms with Crippen molar-refractivity contribution in [3.63, 3.8) is 0 Å². The van der Waals surface area contributed by atoms with E-state index in [1.165, 1.54) is 4.90 Å². The van der Waals surface area contributed by atoms with Gasteiger partial charge in [-0.1, -0.05) is 62.4 Å². The Balaban J connectivity index is 1.46. The van der Waals surface area contributed by atoms with Crippen LogP contribution in [0.15, 0.2) is 48.5 Å². The van der Waals surface area contributed by atoms with Gasteiger partial charge in [-0.25, -0.2) is 9.59 Å². The molecule has 1 N–H and O–H groups in total. The van der Waals surface area contributed by atoms with Gasteiger partial charge >= 0.3 is 12.1 Å². The third-order valence-corrected chi connectivity index (χ3v) is 5.81. The summed E-state index contributed by atoms with van der Waals surface area (Å²) in [6, 6.07) is 15.2. The molecule has 6 nitrogen and oxygen atoms in total. The molecule has 2 aromatic carbocycles. The molecule has 4 rings (SSSR count). The van der Waals surface area contributed by atoms with Crippen molar-refractivity contribution in [3.05, 3.63) is 59.7 Å². The van der Waals surface area contributed by atoms with Gasteiger partial charge in [0.2, 0.25) is 0 Å². The second kappa shape index (κ2) is 8.48. The van der Waals surface area contributed by atoms with E-state index in [9.17, 15) is 14.7 Å². The molecular weight excluding hydrogens is 382 g/mol. The van der Waals surface area contributed by atoms with Crippen molar-refractivity contribution in [3.8, 4) is 11.1 Å². The van der Waals surface area contributed by atoms with Crippen LogP contribution in [0.1, 0.15) is 37.3 Å². The van der Waals surface area contributed by atoms with Crippen LogP contribution >= 0.6 is 0 Å².